The second-order valence-electron chi connectivity index (χ2n) is 3.74. The third-order valence-corrected chi connectivity index (χ3v) is 2.86. The van der Waals surface area contributed by atoms with Crippen LogP contribution in [-0.4, -0.2) is 30.3 Å². The number of hydrogen-bond donors (Lipinski definition) is 1. The molecular weight excluding hydrogens is 210 g/mol. The predicted molar refractivity (Wildman–Crippen MR) is 57.4 cm³/mol. The van der Waals surface area contributed by atoms with Crippen molar-refractivity contribution < 1.29 is 14.6 Å². The number of carbonyl (C=O) groups is 1. The SMILES string of the molecule is C/C=C1\CC(C(=O)OC)CC(N=[N+]=[N-])C1O. The molecule has 0 aromatic carbocycles. The Morgan fingerprint density at radius 2 is 2.44 bits per heavy atom. The molecule has 0 spiro atoms. The second-order valence-corrected chi connectivity index (χ2v) is 3.74. The van der Waals surface area contributed by atoms with E-state index in [1.165, 1.54) is 7.11 Å². The fourth-order valence-corrected chi connectivity index (χ4v) is 1.97. The minimum Gasteiger partial charge on any atom is -0.469 e. The second kappa shape index (κ2) is 5.53. The minimum atomic E-state index is -0.790. The highest BCUT2D eigenvalue weighted by molar-refractivity contribution is 5.73. The molecule has 0 aromatic heterocycles. The van der Waals surface area contributed by atoms with Gasteiger partial charge in [0.15, 0.2) is 0 Å². The zero-order valence-electron chi connectivity index (χ0n) is 9.33. The number of azide groups is 1. The summed E-state index contributed by atoms with van der Waals surface area (Å²) in [6, 6.07) is -0.589. The average Bonchev–Trinajstić information content (AvgIpc) is 2.31. The third kappa shape index (κ3) is 2.53. The van der Waals surface area contributed by atoms with E-state index in [-0.39, 0.29) is 11.9 Å². The van der Waals surface area contributed by atoms with Gasteiger partial charge in [0.2, 0.25) is 0 Å². The zero-order valence-corrected chi connectivity index (χ0v) is 9.33. The van der Waals surface area contributed by atoms with Gasteiger partial charge in [0.25, 0.3) is 0 Å². The van der Waals surface area contributed by atoms with E-state index in [2.05, 4.69) is 14.8 Å². The Hall–Kier alpha value is -1.52. The molecule has 1 rings (SSSR count). The van der Waals surface area contributed by atoms with Crippen LogP contribution in [0.3, 0.4) is 0 Å². The van der Waals surface area contributed by atoms with Crippen LogP contribution in [-0.2, 0) is 9.53 Å². The average molecular weight is 225 g/mol. The van der Waals surface area contributed by atoms with Crippen LogP contribution in [0, 0.1) is 5.92 Å². The first-order valence-electron chi connectivity index (χ1n) is 5.09. The van der Waals surface area contributed by atoms with Gasteiger partial charge >= 0.3 is 5.97 Å². The fourth-order valence-electron chi connectivity index (χ4n) is 1.97. The molecule has 0 radical (unpaired) electrons. The molecule has 3 unspecified atom stereocenters. The molecule has 3 atom stereocenters. The Bertz CT molecular complexity index is 347. The normalized spacial score (nSPS) is 31.9. The lowest BCUT2D eigenvalue weighted by atomic mass is 9.80. The largest absolute Gasteiger partial charge is 0.469 e. The van der Waals surface area contributed by atoms with E-state index < -0.39 is 12.1 Å². The van der Waals surface area contributed by atoms with Crippen LogP contribution < -0.4 is 0 Å². The van der Waals surface area contributed by atoms with Gasteiger partial charge in [-0.05, 0) is 30.9 Å². The smallest absolute Gasteiger partial charge is 0.308 e. The van der Waals surface area contributed by atoms with Gasteiger partial charge in [0, 0.05) is 4.91 Å². The molecule has 0 aromatic rings. The number of aliphatic hydroxyl groups excluding tert-OH is 1. The van der Waals surface area contributed by atoms with Gasteiger partial charge in [-0.25, -0.2) is 0 Å². The van der Waals surface area contributed by atoms with E-state index in [1.54, 1.807) is 13.0 Å². The highest BCUT2D eigenvalue weighted by Gasteiger charge is 2.35. The van der Waals surface area contributed by atoms with Crippen molar-refractivity contribution in [1.82, 2.24) is 0 Å². The number of hydrogen-bond acceptors (Lipinski definition) is 4. The van der Waals surface area contributed by atoms with Crippen molar-refractivity contribution in [2.45, 2.75) is 31.9 Å². The maximum atomic E-state index is 11.4. The van der Waals surface area contributed by atoms with E-state index in [9.17, 15) is 9.90 Å². The number of nitrogens with zero attached hydrogens (tertiary/aromatic N) is 3. The Kier molecular flexibility index (Phi) is 4.34. The number of ether oxygens (including phenoxy) is 1. The highest BCUT2D eigenvalue weighted by Crippen LogP contribution is 2.31. The lowest BCUT2D eigenvalue weighted by molar-refractivity contribution is -0.146. The van der Waals surface area contributed by atoms with Crippen molar-refractivity contribution >= 4 is 5.97 Å². The standard InChI is InChI=1S/C10H15N3O3/c1-3-6-4-7(10(15)16-2)5-8(9(6)14)12-13-11/h3,7-9,14H,4-5H2,1-2H3/b6-3+. The molecule has 1 aliphatic carbocycles. The van der Waals surface area contributed by atoms with Gasteiger partial charge in [-0.15, -0.1) is 0 Å². The Balaban J connectivity index is 2.89. The zero-order chi connectivity index (χ0) is 12.1. The van der Waals surface area contributed by atoms with Gasteiger partial charge in [-0.1, -0.05) is 11.2 Å². The van der Waals surface area contributed by atoms with E-state index in [0.717, 1.165) is 5.57 Å². The van der Waals surface area contributed by atoms with Crippen LogP contribution in [0.2, 0.25) is 0 Å². The van der Waals surface area contributed by atoms with Gasteiger partial charge in [0.1, 0.15) is 0 Å². The van der Waals surface area contributed by atoms with Gasteiger partial charge in [-0.2, -0.15) is 0 Å². The molecule has 1 saturated carbocycles. The van der Waals surface area contributed by atoms with E-state index in [0.29, 0.717) is 12.8 Å². The molecule has 88 valence electrons. The van der Waals surface area contributed by atoms with E-state index in [4.69, 9.17) is 5.53 Å². The molecule has 6 heteroatoms. The topological polar surface area (TPSA) is 95.3 Å². The number of allylic oxidation sites excluding steroid dienone is 1. The number of aliphatic hydroxyl groups is 1. The van der Waals surface area contributed by atoms with Gasteiger partial charge < -0.3 is 9.84 Å². The lowest BCUT2D eigenvalue weighted by Crippen LogP contribution is -2.37. The molecule has 1 aliphatic rings. The summed E-state index contributed by atoms with van der Waals surface area (Å²) in [4.78, 5) is 14.1. The molecule has 6 nitrogen and oxygen atoms in total. The first-order valence-corrected chi connectivity index (χ1v) is 5.09. The summed E-state index contributed by atoms with van der Waals surface area (Å²) < 4.78 is 4.66. The summed E-state index contributed by atoms with van der Waals surface area (Å²) in [7, 11) is 1.32. The minimum absolute atomic E-state index is 0.329. The summed E-state index contributed by atoms with van der Waals surface area (Å²) in [6.07, 6.45) is 1.75. The fraction of sp³-hybridized carbons (Fsp3) is 0.700. The lowest BCUT2D eigenvalue weighted by Gasteiger charge is -2.31. The number of rotatable bonds is 2. The number of methoxy groups -OCH3 is 1. The van der Waals surface area contributed by atoms with Crippen LogP contribution in [0.25, 0.3) is 10.4 Å². The first-order chi connectivity index (χ1) is 7.63. The summed E-state index contributed by atoms with van der Waals surface area (Å²) in [5.74, 6) is -0.667. The molecule has 1 fully saturated rings. The van der Waals surface area contributed by atoms with Crippen molar-refractivity contribution in [3.8, 4) is 0 Å². The van der Waals surface area contributed by atoms with Crippen LogP contribution in [0.5, 0.6) is 0 Å². The molecule has 0 aliphatic heterocycles. The third-order valence-electron chi connectivity index (χ3n) is 2.86. The van der Waals surface area contributed by atoms with Crippen LogP contribution in [0.4, 0.5) is 0 Å². The molecule has 16 heavy (non-hydrogen) atoms. The highest BCUT2D eigenvalue weighted by atomic mass is 16.5. The van der Waals surface area contributed by atoms with Crippen molar-refractivity contribution in [3.05, 3.63) is 22.1 Å². The number of carbonyl (C=O) groups excluding carboxylic acids is 1. The van der Waals surface area contributed by atoms with Crippen molar-refractivity contribution in [2.75, 3.05) is 7.11 Å². The van der Waals surface area contributed by atoms with Crippen LogP contribution >= 0.6 is 0 Å². The van der Waals surface area contributed by atoms with Gasteiger partial charge in [0.05, 0.1) is 25.2 Å². The molecular formula is C10H15N3O3. The van der Waals surface area contributed by atoms with E-state index >= 15 is 0 Å². The quantitative estimate of drug-likeness (QED) is 0.254. The molecule has 0 heterocycles. The van der Waals surface area contributed by atoms with Crippen molar-refractivity contribution in [2.24, 2.45) is 11.0 Å². The summed E-state index contributed by atoms with van der Waals surface area (Å²) in [6.45, 7) is 1.78. The van der Waals surface area contributed by atoms with Gasteiger partial charge in [-0.3, -0.25) is 4.79 Å². The molecule has 0 amide bonds. The molecule has 0 bridgehead atoms. The summed E-state index contributed by atoms with van der Waals surface area (Å²) >= 11 is 0. The molecule has 1 N–H and O–H groups in total. The van der Waals surface area contributed by atoms with Crippen LogP contribution in [0.15, 0.2) is 16.8 Å². The number of esters is 1. The van der Waals surface area contributed by atoms with Crippen LogP contribution in [0.1, 0.15) is 19.8 Å². The Morgan fingerprint density at radius 3 is 2.94 bits per heavy atom. The Morgan fingerprint density at radius 1 is 1.75 bits per heavy atom. The van der Waals surface area contributed by atoms with E-state index in [1.807, 2.05) is 0 Å². The van der Waals surface area contributed by atoms with Crippen molar-refractivity contribution in [3.63, 3.8) is 0 Å². The maximum absolute atomic E-state index is 11.4. The first kappa shape index (κ1) is 12.5. The monoisotopic (exact) mass is 225 g/mol. The Labute approximate surface area is 93.5 Å². The van der Waals surface area contributed by atoms with Crippen molar-refractivity contribution in [1.29, 1.82) is 0 Å². The molecule has 0 saturated heterocycles. The maximum Gasteiger partial charge on any atom is 0.308 e. The summed E-state index contributed by atoms with van der Waals surface area (Å²) in [5, 5.41) is 13.4. The predicted octanol–water partition coefficient (Wildman–Crippen LogP) is 1.56. The summed E-state index contributed by atoms with van der Waals surface area (Å²) in [5.41, 5.74) is 9.11.